The Morgan fingerprint density at radius 1 is 1.25 bits per heavy atom. The molecule has 0 aliphatic carbocycles. The monoisotopic (exact) mass is 280 g/mol. The molecule has 0 aliphatic heterocycles. The van der Waals surface area contributed by atoms with Crippen molar-refractivity contribution in [2.24, 2.45) is 0 Å². The van der Waals surface area contributed by atoms with E-state index >= 15 is 0 Å². The van der Waals surface area contributed by atoms with Gasteiger partial charge < -0.3 is 20.1 Å². The van der Waals surface area contributed by atoms with Crippen LogP contribution in [0.15, 0.2) is 24.3 Å². The Morgan fingerprint density at radius 3 is 2.65 bits per heavy atom. The average Bonchev–Trinajstić information content (AvgIpc) is 2.36. The number of amides is 2. The number of ether oxygens (including phenoxy) is 2. The van der Waals surface area contributed by atoms with Crippen molar-refractivity contribution in [2.45, 2.75) is 13.8 Å². The summed E-state index contributed by atoms with van der Waals surface area (Å²) < 4.78 is 9.55. The molecule has 2 N–H and O–H groups in total. The molecule has 0 unspecified atom stereocenters. The van der Waals surface area contributed by atoms with E-state index in [9.17, 15) is 14.4 Å². The molecule has 0 aliphatic rings. The molecule has 1 rings (SSSR count). The van der Waals surface area contributed by atoms with Gasteiger partial charge in [0.15, 0.2) is 0 Å². The first-order valence-electron chi connectivity index (χ1n) is 6.00. The zero-order chi connectivity index (χ0) is 15.0. The normalized spacial score (nSPS) is 9.50. The highest BCUT2D eigenvalue weighted by atomic mass is 16.5. The van der Waals surface area contributed by atoms with Crippen LogP contribution >= 0.6 is 0 Å². The number of urea groups is 1. The summed E-state index contributed by atoms with van der Waals surface area (Å²) in [5.41, 5.74) is 0.435. The summed E-state index contributed by atoms with van der Waals surface area (Å²) in [5, 5.41) is 4.85. The van der Waals surface area contributed by atoms with E-state index < -0.39 is 18.0 Å². The highest BCUT2D eigenvalue weighted by molar-refractivity contribution is 5.91. The molecule has 0 aromatic heterocycles. The molecule has 7 nitrogen and oxygen atoms in total. The molecule has 0 fully saturated rings. The third-order valence-electron chi connectivity index (χ3n) is 2.05. The van der Waals surface area contributed by atoms with Crippen molar-refractivity contribution in [3.8, 4) is 5.75 Å². The highest BCUT2D eigenvalue weighted by Gasteiger charge is 2.07. The van der Waals surface area contributed by atoms with Crippen molar-refractivity contribution in [1.29, 1.82) is 0 Å². The minimum Gasteiger partial charge on any atom is -0.465 e. The van der Waals surface area contributed by atoms with Crippen molar-refractivity contribution < 1.29 is 23.9 Å². The van der Waals surface area contributed by atoms with Gasteiger partial charge in [-0.1, -0.05) is 6.07 Å². The summed E-state index contributed by atoms with van der Waals surface area (Å²) >= 11 is 0. The molecule has 0 spiro atoms. The Kier molecular flexibility index (Phi) is 6.02. The summed E-state index contributed by atoms with van der Waals surface area (Å²) in [6.45, 7) is 3.00. The Morgan fingerprint density at radius 2 is 2.00 bits per heavy atom. The maximum absolute atomic E-state index is 11.5. The fraction of sp³-hybridized carbons (Fsp3) is 0.308. The summed E-state index contributed by atoms with van der Waals surface area (Å²) in [7, 11) is 0. The van der Waals surface area contributed by atoms with E-state index in [0.29, 0.717) is 11.4 Å². The zero-order valence-electron chi connectivity index (χ0n) is 11.3. The van der Waals surface area contributed by atoms with Gasteiger partial charge in [0.2, 0.25) is 0 Å². The van der Waals surface area contributed by atoms with Crippen LogP contribution in [0.25, 0.3) is 0 Å². The summed E-state index contributed by atoms with van der Waals surface area (Å²) in [5.74, 6) is -0.647. The van der Waals surface area contributed by atoms with Crippen molar-refractivity contribution in [3.63, 3.8) is 0 Å². The zero-order valence-corrected chi connectivity index (χ0v) is 11.3. The lowest BCUT2D eigenvalue weighted by molar-refractivity contribution is -0.141. The SMILES string of the molecule is CCOC(=O)CNC(=O)Nc1cccc(OC(C)=O)c1. The van der Waals surface area contributed by atoms with Crippen molar-refractivity contribution in [3.05, 3.63) is 24.3 Å². The van der Waals surface area contributed by atoms with Gasteiger partial charge in [-0.05, 0) is 19.1 Å². The lowest BCUT2D eigenvalue weighted by atomic mass is 10.3. The van der Waals surface area contributed by atoms with Crippen LogP contribution in [0.2, 0.25) is 0 Å². The third-order valence-corrected chi connectivity index (χ3v) is 2.05. The smallest absolute Gasteiger partial charge is 0.325 e. The number of hydrogen-bond acceptors (Lipinski definition) is 5. The van der Waals surface area contributed by atoms with Gasteiger partial charge in [-0.15, -0.1) is 0 Å². The first-order chi connectivity index (χ1) is 9.51. The van der Waals surface area contributed by atoms with E-state index in [-0.39, 0.29) is 13.2 Å². The Balaban J connectivity index is 2.49. The number of anilines is 1. The van der Waals surface area contributed by atoms with Crippen LogP contribution in [0, 0.1) is 0 Å². The first-order valence-corrected chi connectivity index (χ1v) is 6.00. The fourth-order valence-corrected chi connectivity index (χ4v) is 1.34. The van der Waals surface area contributed by atoms with Gasteiger partial charge in [0.05, 0.1) is 6.61 Å². The number of esters is 2. The number of carbonyl (C=O) groups excluding carboxylic acids is 3. The molecular weight excluding hydrogens is 264 g/mol. The van der Waals surface area contributed by atoms with E-state index in [2.05, 4.69) is 15.4 Å². The Hall–Kier alpha value is -2.57. The number of rotatable bonds is 5. The van der Waals surface area contributed by atoms with Gasteiger partial charge in [-0.3, -0.25) is 9.59 Å². The van der Waals surface area contributed by atoms with Gasteiger partial charge in [-0.25, -0.2) is 4.79 Å². The van der Waals surface area contributed by atoms with Crippen LogP contribution in [0.3, 0.4) is 0 Å². The second-order valence-corrected chi connectivity index (χ2v) is 3.73. The molecular formula is C13H16N2O5. The summed E-state index contributed by atoms with van der Waals surface area (Å²) in [6.07, 6.45) is 0. The minimum absolute atomic E-state index is 0.219. The molecule has 0 radical (unpaired) electrons. The van der Waals surface area contributed by atoms with E-state index in [1.807, 2.05) is 0 Å². The quantitative estimate of drug-likeness (QED) is 0.626. The molecule has 0 bridgehead atoms. The molecule has 0 saturated carbocycles. The van der Waals surface area contributed by atoms with Crippen LogP contribution in [0.1, 0.15) is 13.8 Å². The van der Waals surface area contributed by atoms with Crippen LogP contribution in [0.5, 0.6) is 5.75 Å². The van der Waals surface area contributed by atoms with E-state index in [1.54, 1.807) is 25.1 Å². The van der Waals surface area contributed by atoms with Crippen molar-refractivity contribution in [1.82, 2.24) is 5.32 Å². The van der Waals surface area contributed by atoms with Gasteiger partial charge in [0.1, 0.15) is 12.3 Å². The van der Waals surface area contributed by atoms with Gasteiger partial charge in [-0.2, -0.15) is 0 Å². The second-order valence-electron chi connectivity index (χ2n) is 3.73. The van der Waals surface area contributed by atoms with E-state index in [4.69, 9.17) is 4.74 Å². The Bertz CT molecular complexity index is 501. The number of carbonyl (C=O) groups is 3. The topological polar surface area (TPSA) is 93.7 Å². The molecule has 0 heterocycles. The third kappa shape index (κ3) is 5.85. The van der Waals surface area contributed by atoms with Crippen LogP contribution in [-0.4, -0.2) is 31.1 Å². The first kappa shape index (κ1) is 15.5. The predicted molar refractivity (Wildman–Crippen MR) is 71.4 cm³/mol. The molecule has 2 amide bonds. The Labute approximate surface area is 116 Å². The maximum atomic E-state index is 11.5. The van der Waals surface area contributed by atoms with Gasteiger partial charge >= 0.3 is 18.0 Å². The van der Waals surface area contributed by atoms with Gasteiger partial charge in [0.25, 0.3) is 0 Å². The molecule has 1 aromatic rings. The van der Waals surface area contributed by atoms with Crippen molar-refractivity contribution in [2.75, 3.05) is 18.5 Å². The summed E-state index contributed by atoms with van der Waals surface area (Å²) in [4.78, 5) is 33.4. The molecule has 0 saturated heterocycles. The van der Waals surface area contributed by atoms with Crippen LogP contribution in [0.4, 0.5) is 10.5 Å². The molecule has 7 heteroatoms. The largest absolute Gasteiger partial charge is 0.465 e. The minimum atomic E-state index is -0.557. The number of benzene rings is 1. The average molecular weight is 280 g/mol. The lowest BCUT2D eigenvalue weighted by Crippen LogP contribution is -2.34. The number of nitrogens with one attached hydrogen (secondary N) is 2. The summed E-state index contributed by atoms with van der Waals surface area (Å²) in [6, 6.07) is 5.77. The van der Waals surface area contributed by atoms with E-state index in [1.165, 1.54) is 13.0 Å². The standard InChI is InChI=1S/C13H16N2O5/c1-3-19-12(17)8-14-13(18)15-10-5-4-6-11(7-10)20-9(2)16/h4-7H,3,8H2,1-2H3,(H2,14,15,18). The maximum Gasteiger partial charge on any atom is 0.325 e. The molecule has 20 heavy (non-hydrogen) atoms. The van der Waals surface area contributed by atoms with Crippen LogP contribution < -0.4 is 15.4 Å². The number of hydrogen-bond donors (Lipinski definition) is 2. The van der Waals surface area contributed by atoms with E-state index in [0.717, 1.165) is 0 Å². The van der Waals surface area contributed by atoms with Crippen LogP contribution in [-0.2, 0) is 14.3 Å². The van der Waals surface area contributed by atoms with Gasteiger partial charge in [0, 0.05) is 18.7 Å². The van der Waals surface area contributed by atoms with Crippen molar-refractivity contribution >= 4 is 23.7 Å². The highest BCUT2D eigenvalue weighted by Crippen LogP contribution is 2.17. The predicted octanol–water partition coefficient (Wildman–Crippen LogP) is 1.30. The lowest BCUT2D eigenvalue weighted by Gasteiger charge is -2.08. The second kappa shape index (κ2) is 7.78. The fourth-order valence-electron chi connectivity index (χ4n) is 1.34. The molecule has 0 atom stereocenters. The molecule has 1 aromatic carbocycles. The molecule has 108 valence electrons.